The third-order valence-corrected chi connectivity index (χ3v) is 9.55. The molecule has 3 N–H and O–H groups in total. The summed E-state index contributed by atoms with van der Waals surface area (Å²) in [6, 6.07) is 8.81. The number of amides is 2. The number of likely N-dealkylation sites (tertiary alicyclic amines) is 2. The fraction of sp³-hybridized carbons (Fsp3) is 0.636. The lowest BCUT2D eigenvalue weighted by Crippen LogP contribution is -2.58. The van der Waals surface area contributed by atoms with Crippen LogP contribution < -0.4 is 16.0 Å². The lowest BCUT2D eigenvalue weighted by Gasteiger charge is -2.48. The molecular weight excluding hydrogens is 627 g/mol. The van der Waals surface area contributed by atoms with E-state index in [1.54, 1.807) is 4.90 Å². The highest BCUT2D eigenvalue weighted by atomic mass is 35.5. The third-order valence-electron chi connectivity index (χ3n) is 9.05. The number of ether oxygens (including phenoxy) is 1. The number of benzene rings is 1. The van der Waals surface area contributed by atoms with Gasteiger partial charge in [0.2, 0.25) is 0 Å². The van der Waals surface area contributed by atoms with E-state index in [-0.39, 0.29) is 22.7 Å². The summed E-state index contributed by atoms with van der Waals surface area (Å²) in [4.78, 5) is 43.6. The van der Waals surface area contributed by atoms with E-state index < -0.39 is 17.6 Å². The van der Waals surface area contributed by atoms with E-state index in [0.29, 0.717) is 37.4 Å². The van der Waals surface area contributed by atoms with E-state index in [2.05, 4.69) is 49.0 Å². The van der Waals surface area contributed by atoms with Crippen LogP contribution in [0.15, 0.2) is 24.3 Å². The number of nitrogens with two attached hydrogens (primary N) is 1. The maximum absolute atomic E-state index is 13.1. The first-order valence-electron chi connectivity index (χ1n) is 16.5. The predicted molar refractivity (Wildman–Crippen MR) is 182 cm³/mol. The zero-order valence-corrected chi connectivity index (χ0v) is 29.0. The Morgan fingerprint density at radius 2 is 1.72 bits per heavy atom. The number of nitrogens with one attached hydrogen (secondary N) is 1. The van der Waals surface area contributed by atoms with Crippen LogP contribution in [-0.2, 0) is 11.3 Å². The summed E-state index contributed by atoms with van der Waals surface area (Å²) in [5, 5.41) is 3.88. The maximum atomic E-state index is 13.1. The second kappa shape index (κ2) is 14.9. The number of anilines is 2. The molecule has 1 aromatic heterocycles. The Morgan fingerprint density at radius 3 is 2.39 bits per heavy atom. The van der Waals surface area contributed by atoms with Crippen molar-refractivity contribution in [1.82, 2.24) is 30.0 Å². The molecule has 5 rings (SSSR count). The number of nitrogens with zero attached hydrogens (tertiary/aromatic N) is 6. The van der Waals surface area contributed by atoms with Gasteiger partial charge in [-0.25, -0.2) is 14.8 Å². The first-order valence-corrected chi connectivity index (χ1v) is 17.2. The fourth-order valence-corrected chi connectivity index (χ4v) is 7.17. The van der Waals surface area contributed by atoms with Crippen molar-refractivity contribution >= 4 is 46.8 Å². The van der Waals surface area contributed by atoms with Crippen LogP contribution >= 0.6 is 23.2 Å². The van der Waals surface area contributed by atoms with Crippen molar-refractivity contribution < 1.29 is 14.3 Å². The van der Waals surface area contributed by atoms with Gasteiger partial charge >= 0.3 is 6.09 Å². The van der Waals surface area contributed by atoms with Crippen LogP contribution in [0.25, 0.3) is 0 Å². The van der Waals surface area contributed by atoms with Gasteiger partial charge in [0.05, 0.1) is 0 Å². The molecule has 0 radical (unpaired) electrons. The Hall–Kier alpha value is -2.86. The number of rotatable bonds is 8. The van der Waals surface area contributed by atoms with Crippen molar-refractivity contribution in [2.75, 3.05) is 56.4 Å². The van der Waals surface area contributed by atoms with Gasteiger partial charge in [0.25, 0.3) is 5.91 Å². The minimum atomic E-state index is -0.582. The van der Waals surface area contributed by atoms with Crippen LogP contribution in [-0.4, -0.2) is 106 Å². The molecule has 13 heteroatoms. The molecule has 0 spiro atoms. The summed E-state index contributed by atoms with van der Waals surface area (Å²) in [7, 11) is 0. The van der Waals surface area contributed by atoms with Gasteiger partial charge in [0.1, 0.15) is 5.60 Å². The molecule has 3 aliphatic heterocycles. The van der Waals surface area contributed by atoms with Gasteiger partial charge in [-0.1, -0.05) is 48.7 Å². The Balaban J connectivity index is 1.16. The van der Waals surface area contributed by atoms with Crippen LogP contribution in [0.4, 0.5) is 16.4 Å². The van der Waals surface area contributed by atoms with Gasteiger partial charge < -0.3 is 25.6 Å². The van der Waals surface area contributed by atoms with E-state index >= 15 is 0 Å². The lowest BCUT2D eigenvalue weighted by atomic mass is 9.97. The number of carbonyl (C=O) groups excluding carboxylic acids is 2. The largest absolute Gasteiger partial charge is 0.444 e. The molecule has 0 saturated carbocycles. The van der Waals surface area contributed by atoms with Crippen molar-refractivity contribution in [2.24, 2.45) is 0 Å². The summed E-state index contributed by atoms with van der Waals surface area (Å²) >= 11 is 12.7. The van der Waals surface area contributed by atoms with Crippen LogP contribution in [0.1, 0.15) is 75.9 Å². The summed E-state index contributed by atoms with van der Waals surface area (Å²) in [6.45, 7) is 14.1. The van der Waals surface area contributed by atoms with Crippen molar-refractivity contribution in [2.45, 2.75) is 90.1 Å². The Kier molecular flexibility index (Phi) is 11.2. The molecule has 4 heterocycles. The van der Waals surface area contributed by atoms with Gasteiger partial charge in [-0.05, 0) is 77.2 Å². The second-order valence-corrected chi connectivity index (χ2v) is 14.5. The molecule has 2 aromatic rings. The lowest BCUT2D eigenvalue weighted by molar-refractivity contribution is 0.0290. The highest BCUT2D eigenvalue weighted by Gasteiger charge is 2.36. The van der Waals surface area contributed by atoms with E-state index in [1.807, 2.05) is 32.9 Å². The van der Waals surface area contributed by atoms with Crippen LogP contribution in [0.5, 0.6) is 0 Å². The smallest absolute Gasteiger partial charge is 0.410 e. The number of piperidine rings is 1. The highest BCUT2D eigenvalue weighted by molar-refractivity contribution is 6.32. The number of hydrogen-bond donors (Lipinski definition) is 2. The molecule has 252 valence electrons. The minimum absolute atomic E-state index is 0.00132. The topological polar surface area (TPSA) is 120 Å². The number of nitrogen functional groups attached to an aromatic ring is 1. The molecule has 2 atom stereocenters. The van der Waals surface area contributed by atoms with Crippen molar-refractivity contribution in [1.29, 1.82) is 0 Å². The Morgan fingerprint density at radius 1 is 1.00 bits per heavy atom. The highest BCUT2D eigenvalue weighted by Crippen LogP contribution is 2.30. The number of piperazine rings is 1. The molecule has 2 amide bonds. The first kappa shape index (κ1) is 34.5. The average Bonchev–Trinajstić information content (AvgIpc) is 3.48. The first-order chi connectivity index (χ1) is 21.9. The van der Waals surface area contributed by atoms with Gasteiger partial charge in [-0.3, -0.25) is 14.6 Å². The molecule has 3 fully saturated rings. The molecular formula is C33H48Cl2N8O3. The van der Waals surface area contributed by atoms with Gasteiger partial charge in [0, 0.05) is 62.4 Å². The summed E-state index contributed by atoms with van der Waals surface area (Å²) in [5.41, 5.74) is 7.02. The number of aromatic nitrogens is 2. The van der Waals surface area contributed by atoms with E-state index in [1.165, 1.54) is 5.56 Å². The SMILES string of the molecule is CCC[C@H]1CN(c2nc(N)c(C(=O)N[C@@H]3CCN(C(=O)OC(C)(C)C)C3)nc2Cl)CCN1C1CCN(Cc2ccc(Cl)cc2)CC1. The Labute approximate surface area is 282 Å². The van der Waals surface area contributed by atoms with Crippen molar-refractivity contribution in [3.8, 4) is 0 Å². The molecule has 3 saturated heterocycles. The average molecular weight is 676 g/mol. The molecule has 11 nitrogen and oxygen atoms in total. The molecule has 0 aliphatic carbocycles. The zero-order valence-electron chi connectivity index (χ0n) is 27.5. The van der Waals surface area contributed by atoms with Crippen LogP contribution in [0, 0.1) is 0 Å². The summed E-state index contributed by atoms with van der Waals surface area (Å²) < 4.78 is 5.46. The maximum Gasteiger partial charge on any atom is 0.410 e. The van der Waals surface area contributed by atoms with Crippen LogP contribution in [0.3, 0.4) is 0 Å². The molecule has 3 aliphatic rings. The van der Waals surface area contributed by atoms with E-state index in [4.69, 9.17) is 33.7 Å². The number of halogens is 2. The number of carbonyl (C=O) groups is 2. The van der Waals surface area contributed by atoms with Gasteiger partial charge in [0.15, 0.2) is 22.5 Å². The third kappa shape index (κ3) is 8.73. The monoisotopic (exact) mass is 674 g/mol. The van der Waals surface area contributed by atoms with Gasteiger partial charge in [-0.15, -0.1) is 0 Å². The van der Waals surface area contributed by atoms with Gasteiger partial charge in [-0.2, -0.15) is 0 Å². The second-order valence-electron chi connectivity index (χ2n) is 13.7. The molecule has 46 heavy (non-hydrogen) atoms. The summed E-state index contributed by atoms with van der Waals surface area (Å²) in [6.07, 6.45) is 4.65. The molecule has 1 aromatic carbocycles. The zero-order chi connectivity index (χ0) is 33.0. The van der Waals surface area contributed by atoms with Crippen molar-refractivity contribution in [3.05, 3.63) is 45.7 Å². The molecule has 0 bridgehead atoms. The summed E-state index contributed by atoms with van der Waals surface area (Å²) in [5.74, 6) is 0.109. The van der Waals surface area contributed by atoms with Crippen molar-refractivity contribution in [3.63, 3.8) is 0 Å². The molecule has 0 unspecified atom stereocenters. The normalized spacial score (nSPS) is 21.9. The number of hydrogen-bond acceptors (Lipinski definition) is 9. The fourth-order valence-electron chi connectivity index (χ4n) is 6.80. The standard InChI is InChI=1S/C33H48Cl2N8O3/c1-5-6-26-21-41(17-18-43(26)25-12-14-40(15-13-25)19-22-7-9-23(34)10-8-22)30-28(35)38-27(29(36)39-30)31(44)37-24-11-16-42(20-24)32(45)46-33(2,3)4/h7-10,24-26H,5-6,11-21H2,1-4H3,(H2,36,39)(H,37,44)/t24-,26+/m1/s1. The van der Waals surface area contributed by atoms with E-state index in [0.717, 1.165) is 70.0 Å². The minimum Gasteiger partial charge on any atom is -0.444 e. The quantitative estimate of drug-likeness (QED) is 0.396. The predicted octanol–water partition coefficient (Wildman–Crippen LogP) is 5.06. The Bertz CT molecular complexity index is 1360. The van der Waals surface area contributed by atoms with Crippen LogP contribution in [0.2, 0.25) is 10.2 Å². The van der Waals surface area contributed by atoms with E-state index in [9.17, 15) is 9.59 Å².